The Hall–Kier alpha value is -3.40. The lowest BCUT2D eigenvalue weighted by Crippen LogP contribution is -2.05. The van der Waals surface area contributed by atoms with Crippen LogP contribution in [0.1, 0.15) is 31.2 Å². The van der Waals surface area contributed by atoms with E-state index in [4.69, 9.17) is 24.0 Å². The van der Waals surface area contributed by atoms with Crippen molar-refractivity contribution in [1.82, 2.24) is 0 Å². The lowest BCUT2D eigenvalue weighted by molar-refractivity contribution is -0.248. The standard InChI is InChI=1S/C27H30O5/c1-3-16-31-32-18-7-5-4-6-17-28-25-12-14-26(15-13-25)29-21-30-27-11-10-23-19-22(2)8-9-24(23)20-27/h8-16,19-20H,1,4-7,17-18,21H2,2H3. The van der Waals surface area contributed by atoms with Gasteiger partial charge in [0.25, 0.3) is 0 Å². The fourth-order valence-corrected chi connectivity index (χ4v) is 3.15. The maximum atomic E-state index is 5.78. The maximum Gasteiger partial charge on any atom is 0.230 e. The number of hydrogen-bond donors (Lipinski definition) is 0. The summed E-state index contributed by atoms with van der Waals surface area (Å²) in [6.45, 7) is 6.86. The molecule has 0 aliphatic heterocycles. The summed E-state index contributed by atoms with van der Waals surface area (Å²) in [7, 11) is 0. The third-order valence-electron chi connectivity index (χ3n) is 4.83. The minimum Gasteiger partial charge on any atom is -0.494 e. The zero-order valence-corrected chi connectivity index (χ0v) is 18.5. The van der Waals surface area contributed by atoms with Crippen LogP contribution in [0, 0.1) is 6.92 Å². The molecule has 3 aromatic carbocycles. The second kappa shape index (κ2) is 13.1. The van der Waals surface area contributed by atoms with Gasteiger partial charge in [-0.05, 0) is 73.4 Å². The zero-order chi connectivity index (χ0) is 22.4. The highest BCUT2D eigenvalue weighted by atomic mass is 17.2. The fourth-order valence-electron chi connectivity index (χ4n) is 3.15. The molecule has 0 unspecified atom stereocenters. The SMILES string of the molecule is C=C=COOCCCCCCOc1ccc(OCOc2ccc3cc(C)ccc3c2)cc1. The molecule has 0 radical (unpaired) electrons. The summed E-state index contributed by atoms with van der Waals surface area (Å²) in [5, 5.41) is 2.35. The molecule has 0 fully saturated rings. The van der Waals surface area contributed by atoms with Crippen LogP contribution in [0.3, 0.4) is 0 Å². The van der Waals surface area contributed by atoms with E-state index in [1.807, 2.05) is 36.4 Å². The number of unbranched alkanes of at least 4 members (excludes halogenated alkanes) is 3. The number of aryl methyl sites for hydroxylation is 1. The second-order valence-corrected chi connectivity index (χ2v) is 7.39. The summed E-state index contributed by atoms with van der Waals surface area (Å²) < 4.78 is 17.2. The molecule has 3 aromatic rings. The molecule has 5 nitrogen and oxygen atoms in total. The highest BCUT2D eigenvalue weighted by Crippen LogP contribution is 2.23. The third-order valence-corrected chi connectivity index (χ3v) is 4.83. The highest BCUT2D eigenvalue weighted by molar-refractivity contribution is 5.84. The molecule has 32 heavy (non-hydrogen) atoms. The van der Waals surface area contributed by atoms with E-state index in [1.165, 1.54) is 17.2 Å². The van der Waals surface area contributed by atoms with Gasteiger partial charge in [-0.15, -0.1) is 0 Å². The maximum absolute atomic E-state index is 5.78. The van der Waals surface area contributed by atoms with Gasteiger partial charge in [0.15, 0.2) is 6.26 Å². The molecule has 0 aliphatic rings. The molecule has 168 valence electrons. The molecule has 0 amide bonds. The first-order chi connectivity index (χ1) is 15.7. The molecule has 0 spiro atoms. The molecule has 0 saturated heterocycles. The summed E-state index contributed by atoms with van der Waals surface area (Å²) in [6, 6.07) is 20.0. The molecular formula is C27H30O5. The van der Waals surface area contributed by atoms with Crippen molar-refractivity contribution in [3.63, 3.8) is 0 Å². The lowest BCUT2D eigenvalue weighted by Gasteiger charge is -2.10. The van der Waals surface area contributed by atoms with Gasteiger partial charge in [0.05, 0.1) is 13.2 Å². The summed E-state index contributed by atoms with van der Waals surface area (Å²) in [6.07, 6.45) is 5.37. The molecule has 0 saturated carbocycles. The van der Waals surface area contributed by atoms with E-state index in [-0.39, 0.29) is 6.79 Å². The van der Waals surface area contributed by atoms with Gasteiger partial charge in [-0.1, -0.05) is 48.6 Å². The van der Waals surface area contributed by atoms with E-state index in [0.29, 0.717) is 13.2 Å². The lowest BCUT2D eigenvalue weighted by atomic mass is 10.1. The first-order valence-corrected chi connectivity index (χ1v) is 10.9. The van der Waals surface area contributed by atoms with Crippen molar-refractivity contribution in [3.05, 3.63) is 84.8 Å². The van der Waals surface area contributed by atoms with Crippen molar-refractivity contribution in [2.24, 2.45) is 0 Å². The van der Waals surface area contributed by atoms with Crippen LogP contribution in [0.2, 0.25) is 0 Å². The molecule has 0 aliphatic carbocycles. The summed E-state index contributed by atoms with van der Waals surface area (Å²) in [5.74, 6) is 2.35. The Kier molecular flexibility index (Phi) is 9.53. The molecule has 0 heterocycles. The third kappa shape index (κ3) is 8.03. The van der Waals surface area contributed by atoms with Crippen LogP contribution in [-0.2, 0) is 9.78 Å². The van der Waals surface area contributed by atoms with Crippen molar-refractivity contribution in [1.29, 1.82) is 0 Å². The number of ether oxygens (including phenoxy) is 3. The summed E-state index contributed by atoms with van der Waals surface area (Å²) in [4.78, 5) is 9.63. The van der Waals surface area contributed by atoms with Crippen LogP contribution in [0.25, 0.3) is 10.8 Å². The van der Waals surface area contributed by atoms with Crippen molar-refractivity contribution in [2.75, 3.05) is 20.0 Å². The zero-order valence-electron chi connectivity index (χ0n) is 18.5. The van der Waals surface area contributed by atoms with E-state index < -0.39 is 0 Å². The Labute approximate surface area is 189 Å². The predicted molar refractivity (Wildman–Crippen MR) is 126 cm³/mol. The number of fused-ring (bicyclic) bond motifs is 1. The summed E-state index contributed by atoms with van der Waals surface area (Å²) in [5.41, 5.74) is 3.72. The van der Waals surface area contributed by atoms with Gasteiger partial charge in [-0.25, -0.2) is 0 Å². The summed E-state index contributed by atoms with van der Waals surface area (Å²) >= 11 is 0. The topological polar surface area (TPSA) is 46.2 Å². The predicted octanol–water partition coefficient (Wildman–Crippen LogP) is 6.75. The quantitative estimate of drug-likeness (QED) is 0.0701. The number of benzene rings is 3. The van der Waals surface area contributed by atoms with Gasteiger partial charge in [0.2, 0.25) is 6.79 Å². The fraction of sp³-hybridized carbons (Fsp3) is 0.296. The average molecular weight is 435 g/mol. The Balaban J connectivity index is 1.29. The van der Waals surface area contributed by atoms with Crippen molar-refractivity contribution in [3.8, 4) is 17.2 Å². The molecule has 3 rings (SSSR count). The molecule has 0 atom stereocenters. The van der Waals surface area contributed by atoms with Crippen LogP contribution < -0.4 is 14.2 Å². The van der Waals surface area contributed by atoms with Gasteiger partial charge in [-0.3, -0.25) is 0 Å². The minimum atomic E-state index is 0.149. The van der Waals surface area contributed by atoms with Gasteiger partial charge in [-0.2, -0.15) is 4.89 Å². The van der Waals surface area contributed by atoms with E-state index >= 15 is 0 Å². The van der Waals surface area contributed by atoms with Gasteiger partial charge in [0, 0.05) is 0 Å². The largest absolute Gasteiger partial charge is 0.494 e. The first kappa shape index (κ1) is 23.3. The van der Waals surface area contributed by atoms with Gasteiger partial charge in [0.1, 0.15) is 17.2 Å². The molecule has 0 bridgehead atoms. The second-order valence-electron chi connectivity index (χ2n) is 7.39. The van der Waals surface area contributed by atoms with Crippen LogP contribution in [-0.4, -0.2) is 20.0 Å². The van der Waals surface area contributed by atoms with E-state index in [9.17, 15) is 0 Å². The Morgan fingerprint density at radius 2 is 1.34 bits per heavy atom. The van der Waals surface area contributed by atoms with Crippen molar-refractivity contribution < 1.29 is 24.0 Å². The molecule has 0 N–H and O–H groups in total. The molecule has 5 heteroatoms. The highest BCUT2D eigenvalue weighted by Gasteiger charge is 2.01. The number of hydrogen-bond acceptors (Lipinski definition) is 5. The monoisotopic (exact) mass is 434 g/mol. The Bertz CT molecular complexity index is 1010. The average Bonchev–Trinajstić information content (AvgIpc) is 2.81. The van der Waals surface area contributed by atoms with Crippen molar-refractivity contribution >= 4 is 10.8 Å². The van der Waals surface area contributed by atoms with Crippen LogP contribution >= 0.6 is 0 Å². The van der Waals surface area contributed by atoms with Gasteiger partial charge >= 0.3 is 0 Å². The van der Waals surface area contributed by atoms with Crippen LogP contribution in [0.4, 0.5) is 0 Å². The van der Waals surface area contributed by atoms with Crippen LogP contribution in [0.15, 0.2) is 79.2 Å². The van der Waals surface area contributed by atoms with E-state index in [1.54, 1.807) is 0 Å². The minimum absolute atomic E-state index is 0.149. The van der Waals surface area contributed by atoms with Crippen molar-refractivity contribution in [2.45, 2.75) is 32.6 Å². The Morgan fingerprint density at radius 3 is 2.12 bits per heavy atom. The number of rotatable bonds is 14. The van der Waals surface area contributed by atoms with Crippen LogP contribution in [0.5, 0.6) is 17.2 Å². The van der Waals surface area contributed by atoms with E-state index in [0.717, 1.165) is 48.3 Å². The Morgan fingerprint density at radius 1 is 0.719 bits per heavy atom. The normalized spacial score (nSPS) is 10.4. The molecular weight excluding hydrogens is 404 g/mol. The smallest absolute Gasteiger partial charge is 0.230 e. The first-order valence-electron chi connectivity index (χ1n) is 10.9. The van der Waals surface area contributed by atoms with E-state index in [2.05, 4.69) is 43.5 Å². The van der Waals surface area contributed by atoms with Gasteiger partial charge < -0.3 is 19.1 Å². The molecule has 0 aromatic heterocycles.